The fourth-order valence-corrected chi connectivity index (χ4v) is 3.40. The zero-order valence-electron chi connectivity index (χ0n) is 16.1. The second-order valence-electron chi connectivity index (χ2n) is 7.20. The van der Waals surface area contributed by atoms with Gasteiger partial charge in [-0.2, -0.15) is 4.98 Å². The largest absolute Gasteiger partial charge is 0.493 e. The van der Waals surface area contributed by atoms with Crippen LogP contribution >= 0.6 is 0 Å². The summed E-state index contributed by atoms with van der Waals surface area (Å²) in [5.41, 5.74) is 2.08. The first-order valence-corrected chi connectivity index (χ1v) is 10.1. The first-order chi connectivity index (χ1) is 12.8. The Morgan fingerprint density at radius 1 is 1.19 bits per heavy atom. The highest BCUT2D eigenvalue weighted by Gasteiger charge is 2.22. The summed E-state index contributed by atoms with van der Waals surface area (Å²) in [6.07, 6.45) is 9.87. The van der Waals surface area contributed by atoms with Crippen molar-refractivity contribution in [3.05, 3.63) is 29.7 Å². The minimum atomic E-state index is 0.206. The number of unbranched alkanes of at least 4 members (excludes halogenated alkanes) is 5. The maximum atomic E-state index is 5.95. The van der Waals surface area contributed by atoms with Gasteiger partial charge in [0.2, 0.25) is 11.7 Å². The lowest BCUT2D eigenvalue weighted by atomic mass is 10.1. The molecule has 0 aliphatic carbocycles. The van der Waals surface area contributed by atoms with E-state index in [-0.39, 0.29) is 6.04 Å². The van der Waals surface area contributed by atoms with Crippen molar-refractivity contribution in [1.82, 2.24) is 15.5 Å². The number of hydrogen-bond donors (Lipinski definition) is 1. The molecule has 2 aromatic rings. The Hall–Kier alpha value is -1.88. The van der Waals surface area contributed by atoms with Crippen LogP contribution in [-0.2, 0) is 0 Å². The summed E-state index contributed by atoms with van der Waals surface area (Å²) in [7, 11) is 0. The zero-order chi connectivity index (χ0) is 18.2. The van der Waals surface area contributed by atoms with Crippen LogP contribution in [0.1, 0.15) is 75.8 Å². The van der Waals surface area contributed by atoms with Crippen LogP contribution in [0.4, 0.5) is 0 Å². The lowest BCUT2D eigenvalue weighted by Crippen LogP contribution is -2.12. The molecular weight excluding hydrogens is 326 g/mol. The van der Waals surface area contributed by atoms with Gasteiger partial charge in [-0.3, -0.25) is 0 Å². The van der Waals surface area contributed by atoms with Gasteiger partial charge >= 0.3 is 0 Å². The molecule has 2 heterocycles. The molecule has 1 aromatic heterocycles. The predicted octanol–water partition coefficient (Wildman–Crippen LogP) is 5.21. The lowest BCUT2D eigenvalue weighted by molar-refractivity contribution is 0.302. The SMILES string of the molecule is CCCCCCCCOc1ccc(-c2noc([C@@H]3CCCN3)n2)cc1C. The Labute approximate surface area is 156 Å². The summed E-state index contributed by atoms with van der Waals surface area (Å²) in [5.74, 6) is 2.29. The van der Waals surface area contributed by atoms with Crippen molar-refractivity contribution in [2.75, 3.05) is 13.2 Å². The van der Waals surface area contributed by atoms with E-state index in [9.17, 15) is 0 Å². The first kappa shape index (κ1) is 18.9. The molecule has 5 nitrogen and oxygen atoms in total. The molecule has 5 heteroatoms. The summed E-state index contributed by atoms with van der Waals surface area (Å²) in [6, 6.07) is 6.32. The summed E-state index contributed by atoms with van der Waals surface area (Å²) in [5, 5.41) is 7.53. The number of nitrogens with zero attached hydrogens (tertiary/aromatic N) is 2. The van der Waals surface area contributed by atoms with Gasteiger partial charge in [-0.05, 0) is 56.5 Å². The molecule has 0 bridgehead atoms. The maximum absolute atomic E-state index is 5.95. The molecule has 3 rings (SSSR count). The summed E-state index contributed by atoms with van der Waals surface area (Å²) in [6.45, 7) is 6.12. The number of aromatic nitrogens is 2. The Morgan fingerprint density at radius 3 is 2.81 bits per heavy atom. The quantitative estimate of drug-likeness (QED) is 0.592. The monoisotopic (exact) mass is 357 g/mol. The average Bonchev–Trinajstić information content (AvgIpc) is 3.33. The van der Waals surface area contributed by atoms with Gasteiger partial charge in [-0.1, -0.05) is 44.2 Å². The van der Waals surface area contributed by atoms with Crippen LogP contribution in [0.5, 0.6) is 5.75 Å². The molecule has 0 amide bonds. The van der Waals surface area contributed by atoms with Crippen molar-refractivity contribution in [3.63, 3.8) is 0 Å². The van der Waals surface area contributed by atoms with Crippen molar-refractivity contribution in [2.45, 2.75) is 71.3 Å². The highest BCUT2D eigenvalue weighted by Crippen LogP contribution is 2.27. The van der Waals surface area contributed by atoms with Gasteiger partial charge in [0, 0.05) is 5.56 Å². The second-order valence-corrected chi connectivity index (χ2v) is 7.20. The van der Waals surface area contributed by atoms with Crippen LogP contribution in [0.15, 0.2) is 22.7 Å². The maximum Gasteiger partial charge on any atom is 0.244 e. The molecule has 1 aliphatic rings. The van der Waals surface area contributed by atoms with Gasteiger partial charge in [-0.25, -0.2) is 0 Å². The van der Waals surface area contributed by atoms with E-state index < -0.39 is 0 Å². The van der Waals surface area contributed by atoms with Crippen molar-refractivity contribution < 1.29 is 9.26 Å². The van der Waals surface area contributed by atoms with Crippen molar-refractivity contribution in [1.29, 1.82) is 0 Å². The van der Waals surface area contributed by atoms with Gasteiger partial charge in [0.25, 0.3) is 0 Å². The molecule has 0 radical (unpaired) electrons. The van der Waals surface area contributed by atoms with E-state index in [1.807, 2.05) is 12.1 Å². The predicted molar refractivity (Wildman–Crippen MR) is 103 cm³/mol. The molecule has 1 N–H and O–H groups in total. The molecule has 0 spiro atoms. The van der Waals surface area contributed by atoms with Gasteiger partial charge in [0.1, 0.15) is 5.75 Å². The van der Waals surface area contributed by atoms with E-state index >= 15 is 0 Å². The van der Waals surface area contributed by atoms with Crippen molar-refractivity contribution in [2.24, 2.45) is 0 Å². The highest BCUT2D eigenvalue weighted by atomic mass is 16.5. The summed E-state index contributed by atoms with van der Waals surface area (Å²) >= 11 is 0. The van der Waals surface area contributed by atoms with Gasteiger partial charge in [-0.15, -0.1) is 0 Å². The smallest absolute Gasteiger partial charge is 0.244 e. The van der Waals surface area contributed by atoms with Crippen LogP contribution in [0, 0.1) is 6.92 Å². The third-order valence-corrected chi connectivity index (χ3v) is 4.99. The van der Waals surface area contributed by atoms with Crippen LogP contribution in [0.25, 0.3) is 11.4 Å². The van der Waals surface area contributed by atoms with E-state index in [0.717, 1.165) is 49.3 Å². The molecule has 0 unspecified atom stereocenters. The Balaban J connectivity index is 1.51. The number of benzene rings is 1. The second kappa shape index (κ2) is 9.72. The van der Waals surface area contributed by atoms with Crippen LogP contribution < -0.4 is 10.1 Å². The van der Waals surface area contributed by atoms with Gasteiger partial charge in [0.05, 0.1) is 12.6 Å². The molecule has 1 saturated heterocycles. The number of aryl methyl sites for hydroxylation is 1. The van der Waals surface area contributed by atoms with Crippen LogP contribution in [0.2, 0.25) is 0 Å². The minimum Gasteiger partial charge on any atom is -0.493 e. The van der Waals surface area contributed by atoms with Crippen LogP contribution in [-0.4, -0.2) is 23.3 Å². The molecular formula is C21H31N3O2. The minimum absolute atomic E-state index is 0.206. The molecule has 0 saturated carbocycles. The molecule has 1 fully saturated rings. The van der Waals surface area contributed by atoms with E-state index in [1.54, 1.807) is 0 Å². The van der Waals surface area contributed by atoms with Crippen molar-refractivity contribution in [3.8, 4) is 17.1 Å². The van der Waals surface area contributed by atoms with Crippen LogP contribution in [0.3, 0.4) is 0 Å². The standard InChI is InChI=1S/C21H31N3O2/c1-3-4-5-6-7-8-14-25-19-12-11-17(15-16(19)2)20-23-21(26-24-20)18-10-9-13-22-18/h11-12,15,18,22H,3-10,13-14H2,1-2H3/t18-/m0/s1. The fraction of sp³-hybridized carbons (Fsp3) is 0.619. The average molecular weight is 357 g/mol. The topological polar surface area (TPSA) is 60.2 Å². The lowest BCUT2D eigenvalue weighted by Gasteiger charge is -2.10. The first-order valence-electron chi connectivity index (χ1n) is 10.1. The molecule has 1 aliphatic heterocycles. The number of rotatable bonds is 10. The van der Waals surface area contributed by atoms with E-state index in [2.05, 4.69) is 35.4 Å². The molecule has 142 valence electrons. The summed E-state index contributed by atoms with van der Waals surface area (Å²) in [4.78, 5) is 4.56. The van der Waals surface area contributed by atoms with E-state index in [1.165, 1.54) is 32.1 Å². The fourth-order valence-electron chi connectivity index (χ4n) is 3.40. The van der Waals surface area contributed by atoms with Gasteiger partial charge < -0.3 is 14.6 Å². The number of hydrogen-bond acceptors (Lipinski definition) is 5. The number of nitrogens with one attached hydrogen (secondary N) is 1. The van der Waals surface area contributed by atoms with E-state index in [0.29, 0.717) is 11.7 Å². The molecule has 1 atom stereocenters. The number of ether oxygens (including phenoxy) is 1. The zero-order valence-corrected chi connectivity index (χ0v) is 16.1. The molecule has 26 heavy (non-hydrogen) atoms. The normalized spacial score (nSPS) is 16.9. The van der Waals surface area contributed by atoms with Crippen molar-refractivity contribution >= 4 is 0 Å². The Bertz CT molecular complexity index is 678. The third kappa shape index (κ3) is 5.07. The highest BCUT2D eigenvalue weighted by molar-refractivity contribution is 5.58. The van der Waals surface area contributed by atoms with E-state index in [4.69, 9.17) is 9.26 Å². The summed E-state index contributed by atoms with van der Waals surface area (Å²) < 4.78 is 11.4. The Morgan fingerprint density at radius 2 is 2.04 bits per heavy atom. The molecule has 1 aromatic carbocycles. The van der Waals surface area contributed by atoms with Gasteiger partial charge in [0.15, 0.2) is 0 Å². The third-order valence-electron chi connectivity index (χ3n) is 4.99. The Kier molecular flexibility index (Phi) is 7.06.